The second kappa shape index (κ2) is 6.00. The number of nitrogens with zero attached hydrogens (tertiary/aromatic N) is 1. The van der Waals surface area contributed by atoms with Gasteiger partial charge in [0.1, 0.15) is 0 Å². The molecule has 0 amide bonds. The molecule has 0 aromatic rings. The van der Waals surface area contributed by atoms with E-state index in [9.17, 15) is 5.11 Å². The standard InChI is InChI=1S/C11H22N2O/c1-5-10(7-12)13-8-11(4,14)6-9(2)3/h9-10,13-14H,5-6,8H2,1-4H3. The van der Waals surface area contributed by atoms with Gasteiger partial charge in [-0.25, -0.2) is 0 Å². The first-order valence-corrected chi connectivity index (χ1v) is 5.26. The molecule has 3 heteroatoms. The molecule has 0 spiro atoms. The Morgan fingerprint density at radius 3 is 2.43 bits per heavy atom. The lowest BCUT2D eigenvalue weighted by Gasteiger charge is -2.26. The molecule has 0 saturated heterocycles. The maximum Gasteiger partial charge on any atom is 0.0951 e. The Bertz CT molecular complexity index is 194. The molecule has 2 unspecified atom stereocenters. The summed E-state index contributed by atoms with van der Waals surface area (Å²) in [7, 11) is 0. The van der Waals surface area contributed by atoms with E-state index in [1.807, 2.05) is 13.8 Å². The summed E-state index contributed by atoms with van der Waals surface area (Å²) in [6.07, 6.45) is 1.52. The predicted octanol–water partition coefficient (Wildman–Crippen LogP) is 1.68. The fourth-order valence-electron chi connectivity index (χ4n) is 1.58. The summed E-state index contributed by atoms with van der Waals surface area (Å²) in [5, 5.41) is 21.7. The molecule has 2 N–H and O–H groups in total. The Morgan fingerprint density at radius 1 is 1.50 bits per heavy atom. The van der Waals surface area contributed by atoms with Gasteiger partial charge in [-0.1, -0.05) is 20.8 Å². The van der Waals surface area contributed by atoms with Crippen LogP contribution in [-0.4, -0.2) is 23.3 Å². The van der Waals surface area contributed by atoms with E-state index >= 15 is 0 Å². The third-order valence-electron chi connectivity index (χ3n) is 2.14. The van der Waals surface area contributed by atoms with Crippen molar-refractivity contribution in [3.05, 3.63) is 0 Å². The lowest BCUT2D eigenvalue weighted by molar-refractivity contribution is 0.0372. The van der Waals surface area contributed by atoms with Gasteiger partial charge in [0, 0.05) is 6.54 Å². The lowest BCUT2D eigenvalue weighted by Crippen LogP contribution is -2.42. The van der Waals surface area contributed by atoms with Crippen molar-refractivity contribution < 1.29 is 5.11 Å². The largest absolute Gasteiger partial charge is 0.389 e. The molecule has 0 saturated carbocycles. The van der Waals surface area contributed by atoms with E-state index in [4.69, 9.17) is 5.26 Å². The fourth-order valence-corrected chi connectivity index (χ4v) is 1.58. The van der Waals surface area contributed by atoms with E-state index in [1.54, 1.807) is 0 Å². The lowest BCUT2D eigenvalue weighted by atomic mass is 9.94. The zero-order valence-electron chi connectivity index (χ0n) is 9.67. The maximum atomic E-state index is 9.95. The minimum Gasteiger partial charge on any atom is -0.389 e. The van der Waals surface area contributed by atoms with Crippen LogP contribution in [0.15, 0.2) is 0 Å². The van der Waals surface area contributed by atoms with Gasteiger partial charge in [0.15, 0.2) is 0 Å². The van der Waals surface area contributed by atoms with Crippen molar-refractivity contribution in [2.24, 2.45) is 5.92 Å². The summed E-state index contributed by atoms with van der Waals surface area (Å²) in [5.74, 6) is 0.467. The quantitative estimate of drug-likeness (QED) is 0.682. The highest BCUT2D eigenvalue weighted by molar-refractivity contribution is 4.90. The second-order valence-electron chi connectivity index (χ2n) is 4.57. The van der Waals surface area contributed by atoms with Crippen LogP contribution in [0.4, 0.5) is 0 Å². The number of nitrogens with one attached hydrogen (secondary N) is 1. The molecule has 0 aromatic carbocycles. The molecule has 0 fully saturated rings. The summed E-state index contributed by atoms with van der Waals surface area (Å²) < 4.78 is 0. The van der Waals surface area contributed by atoms with Gasteiger partial charge in [-0.2, -0.15) is 5.26 Å². The van der Waals surface area contributed by atoms with Crippen LogP contribution in [0.3, 0.4) is 0 Å². The van der Waals surface area contributed by atoms with Crippen LogP contribution in [0.2, 0.25) is 0 Å². The Morgan fingerprint density at radius 2 is 2.07 bits per heavy atom. The van der Waals surface area contributed by atoms with Crippen molar-refractivity contribution in [3.63, 3.8) is 0 Å². The molecule has 3 nitrogen and oxygen atoms in total. The van der Waals surface area contributed by atoms with Crippen molar-refractivity contribution in [3.8, 4) is 6.07 Å². The van der Waals surface area contributed by atoms with Crippen LogP contribution in [-0.2, 0) is 0 Å². The molecule has 0 aromatic heterocycles. The van der Waals surface area contributed by atoms with Crippen LogP contribution in [0.25, 0.3) is 0 Å². The highest BCUT2D eigenvalue weighted by atomic mass is 16.3. The summed E-state index contributed by atoms with van der Waals surface area (Å²) >= 11 is 0. The van der Waals surface area contributed by atoms with E-state index < -0.39 is 5.60 Å². The number of hydrogen-bond donors (Lipinski definition) is 2. The summed E-state index contributed by atoms with van der Waals surface area (Å²) in [6, 6.07) is 2.01. The zero-order chi connectivity index (χ0) is 11.2. The van der Waals surface area contributed by atoms with Gasteiger partial charge < -0.3 is 5.11 Å². The Labute approximate surface area is 87.1 Å². The van der Waals surface area contributed by atoms with Crippen LogP contribution in [0, 0.1) is 17.2 Å². The minimum absolute atomic E-state index is 0.145. The van der Waals surface area contributed by atoms with E-state index in [0.29, 0.717) is 12.5 Å². The number of aliphatic hydroxyl groups is 1. The summed E-state index contributed by atoms with van der Waals surface area (Å²) in [5.41, 5.74) is -0.710. The molecule has 82 valence electrons. The SMILES string of the molecule is CCC(C#N)NCC(C)(O)CC(C)C. The molecule has 14 heavy (non-hydrogen) atoms. The second-order valence-corrected chi connectivity index (χ2v) is 4.57. The van der Waals surface area contributed by atoms with E-state index in [-0.39, 0.29) is 6.04 Å². The first-order chi connectivity index (χ1) is 6.41. The van der Waals surface area contributed by atoms with Gasteiger partial charge in [-0.3, -0.25) is 5.32 Å². The average Bonchev–Trinajstić information content (AvgIpc) is 2.03. The van der Waals surface area contributed by atoms with Crippen LogP contribution in [0.5, 0.6) is 0 Å². The molecule has 0 aliphatic carbocycles. The highest BCUT2D eigenvalue weighted by Gasteiger charge is 2.22. The number of hydrogen-bond acceptors (Lipinski definition) is 3. The molecular formula is C11H22N2O. The molecule has 0 rings (SSSR count). The highest BCUT2D eigenvalue weighted by Crippen LogP contribution is 2.15. The first-order valence-electron chi connectivity index (χ1n) is 5.26. The normalized spacial score (nSPS) is 17.5. The fraction of sp³-hybridized carbons (Fsp3) is 0.909. The van der Waals surface area contributed by atoms with Crippen LogP contribution < -0.4 is 5.32 Å². The van der Waals surface area contributed by atoms with Gasteiger partial charge in [0.2, 0.25) is 0 Å². The Balaban J connectivity index is 3.92. The molecule has 0 bridgehead atoms. The third-order valence-corrected chi connectivity index (χ3v) is 2.14. The smallest absolute Gasteiger partial charge is 0.0951 e. The minimum atomic E-state index is -0.710. The maximum absolute atomic E-state index is 9.95. The van der Waals surface area contributed by atoms with E-state index in [1.165, 1.54) is 0 Å². The summed E-state index contributed by atoms with van der Waals surface area (Å²) in [4.78, 5) is 0. The Hall–Kier alpha value is -0.590. The molecule has 0 heterocycles. The van der Waals surface area contributed by atoms with Gasteiger partial charge in [0.25, 0.3) is 0 Å². The van der Waals surface area contributed by atoms with E-state index in [2.05, 4.69) is 25.2 Å². The molecule has 0 aliphatic heterocycles. The van der Waals surface area contributed by atoms with Crippen molar-refractivity contribution in [1.82, 2.24) is 5.32 Å². The number of rotatable bonds is 6. The monoisotopic (exact) mass is 198 g/mol. The third kappa shape index (κ3) is 5.95. The topological polar surface area (TPSA) is 56.0 Å². The van der Waals surface area contributed by atoms with E-state index in [0.717, 1.165) is 12.8 Å². The first kappa shape index (κ1) is 13.4. The number of nitriles is 1. The Kier molecular flexibility index (Phi) is 5.75. The molecule has 0 radical (unpaired) electrons. The van der Waals surface area contributed by atoms with Crippen molar-refractivity contribution in [2.75, 3.05) is 6.54 Å². The summed E-state index contributed by atoms with van der Waals surface area (Å²) in [6.45, 7) is 8.41. The van der Waals surface area contributed by atoms with Crippen molar-refractivity contribution in [1.29, 1.82) is 5.26 Å². The van der Waals surface area contributed by atoms with Crippen LogP contribution in [0.1, 0.15) is 40.5 Å². The molecule has 2 atom stereocenters. The molecular weight excluding hydrogens is 176 g/mol. The van der Waals surface area contributed by atoms with Gasteiger partial charge in [-0.15, -0.1) is 0 Å². The average molecular weight is 198 g/mol. The predicted molar refractivity (Wildman–Crippen MR) is 57.8 cm³/mol. The van der Waals surface area contributed by atoms with Crippen LogP contribution >= 0.6 is 0 Å². The van der Waals surface area contributed by atoms with Crippen molar-refractivity contribution in [2.45, 2.75) is 52.2 Å². The van der Waals surface area contributed by atoms with Crippen molar-refractivity contribution >= 4 is 0 Å². The zero-order valence-corrected chi connectivity index (χ0v) is 9.67. The van der Waals surface area contributed by atoms with Gasteiger partial charge in [0.05, 0.1) is 17.7 Å². The molecule has 0 aliphatic rings. The van der Waals surface area contributed by atoms with Gasteiger partial charge in [-0.05, 0) is 25.7 Å². The van der Waals surface area contributed by atoms with Gasteiger partial charge >= 0.3 is 0 Å².